The molecular formula is C5H4F3N3. The summed E-state index contributed by atoms with van der Waals surface area (Å²) in [4.78, 5) is 2.77. The summed E-state index contributed by atoms with van der Waals surface area (Å²) < 4.78 is 37.1. The number of hydrazine groups is 1. The molecule has 0 unspecified atom stereocenters. The molecule has 1 aromatic rings. The first-order valence-electron chi connectivity index (χ1n) is 2.63. The average Bonchev–Trinajstić information content (AvgIpc) is 1.99. The second kappa shape index (κ2) is 2.75. The number of nitrogens with one attached hydrogen (secondary N) is 1. The second-order valence-corrected chi connectivity index (χ2v) is 1.73. The monoisotopic (exact) mass is 163 g/mol. The zero-order chi connectivity index (χ0) is 8.43. The van der Waals surface area contributed by atoms with Crippen LogP contribution in [0.15, 0.2) is 6.20 Å². The molecule has 0 aliphatic rings. The Morgan fingerprint density at radius 3 is 2.45 bits per heavy atom. The number of nitrogens with zero attached hydrogens (tertiary/aromatic N) is 1. The van der Waals surface area contributed by atoms with Crippen molar-refractivity contribution in [3.63, 3.8) is 0 Å². The Labute approximate surface area is 60.0 Å². The van der Waals surface area contributed by atoms with E-state index < -0.39 is 23.3 Å². The van der Waals surface area contributed by atoms with E-state index in [4.69, 9.17) is 5.84 Å². The van der Waals surface area contributed by atoms with E-state index in [2.05, 4.69) is 4.98 Å². The number of pyridine rings is 1. The maximum Gasteiger partial charge on any atom is 0.251 e. The molecule has 1 aromatic heterocycles. The Balaban J connectivity index is 3.29. The maximum atomic E-state index is 12.4. The largest absolute Gasteiger partial charge is 0.319 e. The summed E-state index contributed by atoms with van der Waals surface area (Å²) in [6.45, 7) is 0. The number of nitrogens with two attached hydrogens (primary N) is 1. The third-order valence-electron chi connectivity index (χ3n) is 1.08. The highest BCUT2D eigenvalue weighted by molar-refractivity contribution is 5.43. The minimum atomic E-state index is -1.42. The van der Waals surface area contributed by atoms with Crippen molar-refractivity contribution < 1.29 is 13.2 Å². The van der Waals surface area contributed by atoms with Gasteiger partial charge in [-0.25, -0.2) is 9.37 Å². The predicted molar refractivity (Wildman–Crippen MR) is 31.9 cm³/mol. The molecule has 0 atom stereocenters. The van der Waals surface area contributed by atoms with Gasteiger partial charge < -0.3 is 5.43 Å². The minimum absolute atomic E-state index is 0.535. The van der Waals surface area contributed by atoms with Crippen LogP contribution in [0.1, 0.15) is 0 Å². The molecule has 3 N–H and O–H groups in total. The van der Waals surface area contributed by atoms with Crippen LogP contribution in [-0.4, -0.2) is 4.98 Å². The fraction of sp³-hybridized carbons (Fsp3) is 0. The summed E-state index contributed by atoms with van der Waals surface area (Å²) >= 11 is 0. The second-order valence-electron chi connectivity index (χ2n) is 1.73. The molecule has 6 heteroatoms. The molecule has 3 nitrogen and oxygen atoms in total. The number of nitrogen functional groups attached to an aromatic ring is 1. The van der Waals surface area contributed by atoms with Crippen LogP contribution in [0.4, 0.5) is 18.9 Å². The fourth-order valence-corrected chi connectivity index (χ4v) is 0.575. The van der Waals surface area contributed by atoms with Crippen LogP contribution in [0.2, 0.25) is 0 Å². The zero-order valence-corrected chi connectivity index (χ0v) is 5.24. The lowest BCUT2D eigenvalue weighted by atomic mass is 10.4. The molecular weight excluding hydrogens is 159 g/mol. The topological polar surface area (TPSA) is 50.9 Å². The van der Waals surface area contributed by atoms with Crippen molar-refractivity contribution in [3.05, 3.63) is 23.8 Å². The minimum Gasteiger partial charge on any atom is -0.319 e. The molecule has 0 amide bonds. The maximum absolute atomic E-state index is 12.4. The molecule has 0 aromatic carbocycles. The molecule has 0 saturated carbocycles. The van der Waals surface area contributed by atoms with Crippen molar-refractivity contribution in [1.29, 1.82) is 0 Å². The van der Waals surface area contributed by atoms with E-state index in [-0.39, 0.29) is 0 Å². The third kappa shape index (κ3) is 1.25. The van der Waals surface area contributed by atoms with E-state index in [1.807, 2.05) is 0 Å². The summed E-state index contributed by atoms with van der Waals surface area (Å²) in [7, 11) is 0. The molecule has 1 heterocycles. The lowest BCUT2D eigenvalue weighted by molar-refractivity contribution is 0.468. The Morgan fingerprint density at radius 2 is 2.00 bits per heavy atom. The van der Waals surface area contributed by atoms with Crippen LogP contribution < -0.4 is 11.3 Å². The van der Waals surface area contributed by atoms with Crippen molar-refractivity contribution in [1.82, 2.24) is 4.98 Å². The molecule has 0 aliphatic heterocycles. The van der Waals surface area contributed by atoms with E-state index >= 15 is 0 Å². The first kappa shape index (κ1) is 7.80. The van der Waals surface area contributed by atoms with Crippen LogP contribution in [0.3, 0.4) is 0 Å². The van der Waals surface area contributed by atoms with Crippen LogP contribution in [0, 0.1) is 17.6 Å². The van der Waals surface area contributed by atoms with Crippen LogP contribution in [0.25, 0.3) is 0 Å². The Hall–Kier alpha value is -1.30. The number of rotatable bonds is 1. The number of anilines is 1. The summed E-state index contributed by atoms with van der Waals surface area (Å²) in [5, 5.41) is 0. The lowest BCUT2D eigenvalue weighted by Crippen LogP contribution is -2.12. The van der Waals surface area contributed by atoms with Crippen molar-refractivity contribution in [3.8, 4) is 0 Å². The molecule has 0 fully saturated rings. The van der Waals surface area contributed by atoms with Gasteiger partial charge in [0.25, 0.3) is 5.95 Å². The van der Waals surface area contributed by atoms with E-state index in [9.17, 15) is 13.2 Å². The molecule has 0 radical (unpaired) electrons. The molecule has 11 heavy (non-hydrogen) atoms. The normalized spacial score (nSPS) is 9.82. The van der Waals surface area contributed by atoms with E-state index in [1.54, 1.807) is 5.43 Å². The number of halogens is 3. The highest BCUT2D eigenvalue weighted by Crippen LogP contribution is 2.17. The SMILES string of the molecule is NNc1c(F)cnc(F)c1F. The van der Waals surface area contributed by atoms with E-state index in [1.165, 1.54) is 0 Å². The van der Waals surface area contributed by atoms with Crippen molar-refractivity contribution >= 4 is 5.69 Å². The van der Waals surface area contributed by atoms with Gasteiger partial charge in [0.1, 0.15) is 5.69 Å². The third-order valence-corrected chi connectivity index (χ3v) is 1.08. The highest BCUT2D eigenvalue weighted by Gasteiger charge is 2.13. The van der Waals surface area contributed by atoms with Gasteiger partial charge in [-0.15, -0.1) is 0 Å². The van der Waals surface area contributed by atoms with Gasteiger partial charge in [-0.05, 0) is 0 Å². The van der Waals surface area contributed by atoms with Crippen LogP contribution in [0.5, 0.6) is 0 Å². The van der Waals surface area contributed by atoms with Crippen molar-refractivity contribution in [2.24, 2.45) is 5.84 Å². The molecule has 0 aliphatic carbocycles. The van der Waals surface area contributed by atoms with E-state index in [0.717, 1.165) is 0 Å². The quantitative estimate of drug-likeness (QED) is 0.365. The van der Waals surface area contributed by atoms with Gasteiger partial charge in [-0.1, -0.05) is 0 Å². The smallest absolute Gasteiger partial charge is 0.251 e. The van der Waals surface area contributed by atoms with Crippen LogP contribution >= 0.6 is 0 Å². The number of hydrogen-bond acceptors (Lipinski definition) is 3. The Bertz CT molecular complexity index is 276. The van der Waals surface area contributed by atoms with Gasteiger partial charge in [-0.3, -0.25) is 5.84 Å². The molecule has 1 rings (SSSR count). The van der Waals surface area contributed by atoms with Gasteiger partial charge >= 0.3 is 0 Å². The molecule has 0 bridgehead atoms. The van der Waals surface area contributed by atoms with Gasteiger partial charge in [0, 0.05) is 0 Å². The summed E-state index contributed by atoms with van der Waals surface area (Å²) in [5.41, 5.74) is 0.950. The fourth-order valence-electron chi connectivity index (χ4n) is 0.575. The first-order chi connectivity index (χ1) is 5.16. The molecule has 0 saturated heterocycles. The van der Waals surface area contributed by atoms with Gasteiger partial charge in [0.15, 0.2) is 5.82 Å². The Morgan fingerprint density at radius 1 is 1.36 bits per heavy atom. The Kier molecular flexibility index (Phi) is 1.95. The van der Waals surface area contributed by atoms with Gasteiger partial charge in [0.2, 0.25) is 5.82 Å². The van der Waals surface area contributed by atoms with Crippen LogP contribution in [-0.2, 0) is 0 Å². The molecule has 0 spiro atoms. The summed E-state index contributed by atoms with van der Waals surface area (Å²) in [5.74, 6) is 0.847. The number of aromatic nitrogens is 1. The summed E-state index contributed by atoms with van der Waals surface area (Å²) in [6.07, 6.45) is 0.535. The van der Waals surface area contributed by atoms with Crippen molar-refractivity contribution in [2.75, 3.05) is 5.43 Å². The lowest BCUT2D eigenvalue weighted by Gasteiger charge is -2.01. The summed E-state index contributed by atoms with van der Waals surface area (Å²) in [6, 6.07) is 0. The highest BCUT2D eigenvalue weighted by atomic mass is 19.2. The standard InChI is InChI=1S/C5H4F3N3/c6-2-1-10-5(8)3(7)4(2)11-9/h1H,9H2,(H,10,11). The zero-order valence-electron chi connectivity index (χ0n) is 5.24. The average molecular weight is 163 g/mol. The predicted octanol–water partition coefficient (Wildman–Crippen LogP) is 0.785. The van der Waals surface area contributed by atoms with Gasteiger partial charge in [0.05, 0.1) is 6.20 Å². The van der Waals surface area contributed by atoms with Crippen molar-refractivity contribution in [2.45, 2.75) is 0 Å². The van der Waals surface area contributed by atoms with E-state index in [0.29, 0.717) is 6.20 Å². The number of hydrogen-bond donors (Lipinski definition) is 2. The first-order valence-corrected chi connectivity index (χ1v) is 2.63. The molecule has 60 valence electrons. The van der Waals surface area contributed by atoms with Gasteiger partial charge in [-0.2, -0.15) is 8.78 Å².